The Morgan fingerprint density at radius 1 is 1.11 bits per heavy atom. The van der Waals surface area contributed by atoms with Crippen molar-refractivity contribution >= 4 is 5.91 Å². The van der Waals surface area contributed by atoms with E-state index in [4.69, 9.17) is 5.73 Å². The molecule has 19 heavy (non-hydrogen) atoms. The molecule has 0 atom stereocenters. The first kappa shape index (κ1) is 13.2. The number of nitrogens with two attached hydrogens (primary N) is 1. The van der Waals surface area contributed by atoms with Gasteiger partial charge >= 0.3 is 0 Å². The predicted octanol–water partition coefficient (Wildman–Crippen LogP) is 0.908. The molecule has 1 aromatic carbocycles. The van der Waals surface area contributed by atoms with Gasteiger partial charge in [-0.1, -0.05) is 24.3 Å². The van der Waals surface area contributed by atoms with Gasteiger partial charge in [0, 0.05) is 6.54 Å². The first-order chi connectivity index (χ1) is 9.29. The maximum absolute atomic E-state index is 11.8. The third-order valence-corrected chi connectivity index (χ3v) is 2.76. The van der Waals surface area contributed by atoms with Gasteiger partial charge in [0.25, 0.3) is 5.91 Å². The zero-order valence-electron chi connectivity index (χ0n) is 10.5. The highest BCUT2D eigenvalue weighted by molar-refractivity contribution is 5.93. The first-order valence-corrected chi connectivity index (χ1v) is 6.12. The van der Waals surface area contributed by atoms with Gasteiger partial charge in [0.05, 0.1) is 18.0 Å². The van der Waals surface area contributed by atoms with Crippen molar-refractivity contribution in [3.05, 3.63) is 59.4 Å². The number of benzene rings is 1. The largest absolute Gasteiger partial charge is 0.348 e. The second kappa shape index (κ2) is 6.61. The Hall–Kier alpha value is -2.27. The van der Waals surface area contributed by atoms with E-state index in [2.05, 4.69) is 15.5 Å². The lowest BCUT2D eigenvalue weighted by Gasteiger charge is -2.06. The van der Waals surface area contributed by atoms with E-state index in [9.17, 15) is 4.79 Å². The third-order valence-electron chi connectivity index (χ3n) is 2.76. The monoisotopic (exact) mass is 256 g/mol. The van der Waals surface area contributed by atoms with Crippen LogP contribution in [-0.4, -0.2) is 22.6 Å². The lowest BCUT2D eigenvalue weighted by molar-refractivity contribution is 0.0950. The van der Waals surface area contributed by atoms with Crippen LogP contribution in [0.4, 0.5) is 0 Å². The van der Waals surface area contributed by atoms with Crippen LogP contribution in [0.1, 0.15) is 21.5 Å². The standard InChI is InChI=1S/C14H16N4O/c15-7-5-11-1-3-12(4-2-11)9-16-14(19)13-6-8-17-18-10-13/h1-4,6,8,10H,5,7,9,15H2,(H,16,19). The molecule has 0 aliphatic carbocycles. The molecule has 2 aromatic rings. The molecular weight excluding hydrogens is 240 g/mol. The molecule has 0 saturated carbocycles. The van der Waals surface area contributed by atoms with Gasteiger partial charge < -0.3 is 11.1 Å². The number of hydrogen-bond acceptors (Lipinski definition) is 4. The smallest absolute Gasteiger partial charge is 0.253 e. The maximum atomic E-state index is 11.8. The molecule has 1 aromatic heterocycles. The van der Waals surface area contributed by atoms with Crippen molar-refractivity contribution in [2.45, 2.75) is 13.0 Å². The Kier molecular flexibility index (Phi) is 4.58. The molecule has 1 heterocycles. The highest BCUT2D eigenvalue weighted by atomic mass is 16.1. The summed E-state index contributed by atoms with van der Waals surface area (Å²) in [6, 6.07) is 9.68. The van der Waals surface area contributed by atoms with Gasteiger partial charge in [-0.05, 0) is 30.2 Å². The summed E-state index contributed by atoms with van der Waals surface area (Å²) in [6.45, 7) is 1.13. The zero-order valence-corrected chi connectivity index (χ0v) is 10.5. The van der Waals surface area contributed by atoms with Crippen LogP contribution in [-0.2, 0) is 13.0 Å². The fraction of sp³-hybridized carbons (Fsp3) is 0.214. The van der Waals surface area contributed by atoms with Gasteiger partial charge in [0.15, 0.2) is 0 Å². The average molecular weight is 256 g/mol. The number of aromatic nitrogens is 2. The fourth-order valence-corrected chi connectivity index (χ4v) is 1.70. The molecule has 0 bridgehead atoms. The summed E-state index contributed by atoms with van der Waals surface area (Å²) in [7, 11) is 0. The Balaban J connectivity index is 1.90. The summed E-state index contributed by atoms with van der Waals surface area (Å²) in [5.41, 5.74) is 8.26. The van der Waals surface area contributed by atoms with E-state index in [0.717, 1.165) is 12.0 Å². The molecule has 0 spiro atoms. The fourth-order valence-electron chi connectivity index (χ4n) is 1.70. The number of hydrogen-bond donors (Lipinski definition) is 2. The van der Waals surface area contributed by atoms with Gasteiger partial charge in [0.2, 0.25) is 0 Å². The van der Waals surface area contributed by atoms with Crippen molar-refractivity contribution in [1.29, 1.82) is 0 Å². The molecule has 1 amide bonds. The van der Waals surface area contributed by atoms with Crippen LogP contribution in [0.2, 0.25) is 0 Å². The molecule has 0 fully saturated rings. The van der Waals surface area contributed by atoms with Crippen molar-refractivity contribution in [3.63, 3.8) is 0 Å². The zero-order chi connectivity index (χ0) is 13.5. The number of nitrogens with one attached hydrogen (secondary N) is 1. The van der Waals surface area contributed by atoms with Crippen LogP contribution >= 0.6 is 0 Å². The minimum absolute atomic E-state index is 0.152. The Morgan fingerprint density at radius 2 is 1.84 bits per heavy atom. The normalized spacial score (nSPS) is 10.2. The molecule has 3 N–H and O–H groups in total. The Morgan fingerprint density at radius 3 is 2.47 bits per heavy atom. The predicted molar refractivity (Wildman–Crippen MR) is 72.4 cm³/mol. The molecule has 5 heteroatoms. The maximum Gasteiger partial charge on any atom is 0.253 e. The Labute approximate surface area is 111 Å². The summed E-state index contributed by atoms with van der Waals surface area (Å²) in [4.78, 5) is 11.8. The minimum atomic E-state index is -0.152. The van der Waals surface area contributed by atoms with Gasteiger partial charge in [-0.2, -0.15) is 10.2 Å². The van der Waals surface area contributed by atoms with Crippen LogP contribution in [0.25, 0.3) is 0 Å². The number of amides is 1. The second-order valence-electron chi connectivity index (χ2n) is 4.17. The van der Waals surface area contributed by atoms with E-state index in [1.807, 2.05) is 24.3 Å². The number of nitrogens with zero attached hydrogens (tertiary/aromatic N) is 2. The molecule has 0 aliphatic heterocycles. The number of carbonyl (C=O) groups is 1. The van der Waals surface area contributed by atoms with Gasteiger partial charge in [-0.25, -0.2) is 0 Å². The van der Waals surface area contributed by atoms with Crippen molar-refractivity contribution in [2.24, 2.45) is 5.73 Å². The quantitative estimate of drug-likeness (QED) is 0.833. The van der Waals surface area contributed by atoms with Crippen LogP contribution in [0.5, 0.6) is 0 Å². The van der Waals surface area contributed by atoms with Gasteiger partial charge in [0.1, 0.15) is 0 Å². The van der Waals surface area contributed by atoms with Gasteiger partial charge in [-0.15, -0.1) is 0 Å². The van der Waals surface area contributed by atoms with Crippen molar-refractivity contribution in [2.75, 3.05) is 6.54 Å². The lowest BCUT2D eigenvalue weighted by atomic mass is 10.1. The molecule has 2 rings (SSSR count). The third kappa shape index (κ3) is 3.86. The van der Waals surface area contributed by atoms with Crippen molar-refractivity contribution in [3.8, 4) is 0 Å². The van der Waals surface area contributed by atoms with Crippen LogP contribution < -0.4 is 11.1 Å². The Bertz CT molecular complexity index is 525. The number of rotatable bonds is 5. The summed E-state index contributed by atoms with van der Waals surface area (Å²) in [5.74, 6) is -0.152. The molecule has 0 radical (unpaired) electrons. The second-order valence-corrected chi connectivity index (χ2v) is 4.17. The summed E-state index contributed by atoms with van der Waals surface area (Å²) >= 11 is 0. The summed E-state index contributed by atoms with van der Waals surface area (Å²) in [6.07, 6.45) is 3.81. The van der Waals surface area contributed by atoms with Crippen LogP contribution in [0.15, 0.2) is 42.7 Å². The van der Waals surface area contributed by atoms with E-state index in [1.54, 1.807) is 6.07 Å². The molecular formula is C14H16N4O. The summed E-state index contributed by atoms with van der Waals surface area (Å²) < 4.78 is 0. The van der Waals surface area contributed by atoms with Crippen LogP contribution in [0, 0.1) is 0 Å². The van der Waals surface area contributed by atoms with E-state index in [0.29, 0.717) is 18.7 Å². The van der Waals surface area contributed by atoms with Crippen molar-refractivity contribution < 1.29 is 4.79 Å². The SMILES string of the molecule is NCCc1ccc(CNC(=O)c2ccnnc2)cc1. The molecule has 98 valence electrons. The van der Waals surface area contributed by atoms with E-state index < -0.39 is 0 Å². The van der Waals surface area contributed by atoms with Crippen LogP contribution in [0.3, 0.4) is 0 Å². The van der Waals surface area contributed by atoms with E-state index >= 15 is 0 Å². The van der Waals surface area contributed by atoms with Crippen molar-refractivity contribution in [1.82, 2.24) is 15.5 Å². The summed E-state index contributed by atoms with van der Waals surface area (Å²) in [5, 5.41) is 10.1. The van der Waals surface area contributed by atoms with E-state index in [1.165, 1.54) is 18.0 Å². The van der Waals surface area contributed by atoms with E-state index in [-0.39, 0.29) is 5.91 Å². The highest BCUT2D eigenvalue weighted by Crippen LogP contribution is 2.05. The average Bonchev–Trinajstić information content (AvgIpc) is 2.47. The first-order valence-electron chi connectivity index (χ1n) is 6.12. The number of carbonyl (C=O) groups excluding carboxylic acids is 1. The van der Waals surface area contributed by atoms with Gasteiger partial charge in [-0.3, -0.25) is 4.79 Å². The molecule has 5 nitrogen and oxygen atoms in total. The molecule has 0 saturated heterocycles. The highest BCUT2D eigenvalue weighted by Gasteiger charge is 2.04. The molecule has 0 unspecified atom stereocenters. The minimum Gasteiger partial charge on any atom is -0.348 e. The lowest BCUT2D eigenvalue weighted by Crippen LogP contribution is -2.22. The topological polar surface area (TPSA) is 80.9 Å². The molecule has 0 aliphatic rings.